The molecule has 0 fully saturated rings. The summed E-state index contributed by atoms with van der Waals surface area (Å²) in [7, 11) is 29.3. The van der Waals surface area contributed by atoms with Gasteiger partial charge in [-0.1, -0.05) is 26.3 Å². The lowest BCUT2D eigenvalue weighted by atomic mass is 9.57. The van der Waals surface area contributed by atoms with Gasteiger partial charge in [0.25, 0.3) is 0 Å². The minimum atomic E-state index is -0.176. The molecular formula is C11H11B5. The maximum Gasteiger partial charge on any atom is 0.113 e. The Labute approximate surface area is 105 Å². The Kier molecular flexibility index (Phi) is 3.77. The van der Waals surface area contributed by atoms with Crippen molar-refractivity contribution in [3.63, 3.8) is 0 Å². The van der Waals surface area contributed by atoms with Crippen LogP contribution in [0.5, 0.6) is 0 Å². The van der Waals surface area contributed by atoms with E-state index in [2.05, 4.69) is 6.92 Å². The highest BCUT2D eigenvalue weighted by Crippen LogP contribution is 2.22. The van der Waals surface area contributed by atoms with Gasteiger partial charge in [-0.3, -0.25) is 0 Å². The van der Waals surface area contributed by atoms with E-state index < -0.39 is 0 Å². The molecule has 0 saturated carbocycles. The van der Waals surface area contributed by atoms with Crippen molar-refractivity contribution in [3.8, 4) is 0 Å². The Morgan fingerprint density at radius 1 is 0.750 bits per heavy atom. The van der Waals surface area contributed by atoms with Crippen molar-refractivity contribution in [1.29, 1.82) is 0 Å². The zero-order valence-corrected chi connectivity index (χ0v) is 10.1. The summed E-state index contributed by atoms with van der Waals surface area (Å²) in [6, 6.07) is 0. The lowest BCUT2D eigenvalue weighted by Crippen LogP contribution is -2.58. The Balaban J connectivity index is 3.65. The highest BCUT2D eigenvalue weighted by Gasteiger charge is 2.23. The fourth-order valence-corrected chi connectivity index (χ4v) is 1.76. The fraction of sp³-hybridized carbons (Fsp3) is 0.455. The largest absolute Gasteiger partial charge is 0.113 e. The molecule has 10 radical (unpaired) electrons. The van der Waals surface area contributed by atoms with E-state index in [4.69, 9.17) is 39.2 Å². The summed E-state index contributed by atoms with van der Waals surface area (Å²) in [5.74, 6) is 0. The summed E-state index contributed by atoms with van der Waals surface area (Å²) >= 11 is 0. The zero-order valence-electron chi connectivity index (χ0n) is 10.1. The normalized spacial score (nSPS) is 11.7. The van der Waals surface area contributed by atoms with Gasteiger partial charge in [0, 0.05) is 0 Å². The molecule has 0 saturated heterocycles. The molecule has 1 aromatic rings. The standard InChI is InChI=1S/C11H11B5/c1-4-11(2,3)5-6(12)8(14)10(16)9(15)7(5)13/h4H2,1-3H3. The summed E-state index contributed by atoms with van der Waals surface area (Å²) < 4.78 is 0. The quantitative estimate of drug-likeness (QED) is 0.454. The van der Waals surface area contributed by atoms with Crippen LogP contribution in [0.15, 0.2) is 0 Å². The minimum absolute atomic E-state index is 0.176. The Morgan fingerprint density at radius 2 is 1.06 bits per heavy atom. The SMILES string of the molecule is [B]c1c([B])c([B])c(C(C)(C)CC)c([B])c1[B]. The zero-order chi connectivity index (χ0) is 12.7. The Hall–Kier alpha value is -0.455. The molecule has 0 aliphatic rings. The van der Waals surface area contributed by atoms with Crippen molar-refractivity contribution in [2.75, 3.05) is 0 Å². The van der Waals surface area contributed by atoms with Crippen LogP contribution in [0.1, 0.15) is 32.8 Å². The van der Waals surface area contributed by atoms with Crippen molar-refractivity contribution < 1.29 is 0 Å². The molecule has 0 heterocycles. The number of benzene rings is 1. The van der Waals surface area contributed by atoms with Crippen LogP contribution in [0.2, 0.25) is 0 Å². The van der Waals surface area contributed by atoms with E-state index in [-0.39, 0.29) is 10.9 Å². The van der Waals surface area contributed by atoms with E-state index in [9.17, 15) is 0 Å². The summed E-state index contributed by atoms with van der Waals surface area (Å²) in [4.78, 5) is 0. The molecule has 0 unspecified atom stereocenters. The van der Waals surface area contributed by atoms with Crippen LogP contribution in [0.25, 0.3) is 0 Å². The highest BCUT2D eigenvalue weighted by atomic mass is 14.3. The second-order valence-electron chi connectivity index (χ2n) is 4.68. The molecule has 0 aliphatic heterocycles. The van der Waals surface area contributed by atoms with Crippen molar-refractivity contribution in [1.82, 2.24) is 0 Å². The average molecular weight is 197 g/mol. The number of hydrogen-bond acceptors (Lipinski definition) is 0. The molecule has 0 spiro atoms. The lowest BCUT2D eigenvalue weighted by molar-refractivity contribution is 0.513. The van der Waals surface area contributed by atoms with Gasteiger partial charge in [-0.05, 0) is 11.8 Å². The van der Waals surface area contributed by atoms with Gasteiger partial charge in [0.05, 0.1) is 0 Å². The molecule has 1 aromatic carbocycles. The molecule has 0 amide bonds. The van der Waals surface area contributed by atoms with E-state index >= 15 is 0 Å². The van der Waals surface area contributed by atoms with Crippen molar-refractivity contribution in [3.05, 3.63) is 5.56 Å². The summed E-state index contributed by atoms with van der Waals surface area (Å²) in [6.07, 6.45) is 0.879. The molecular weight excluding hydrogens is 186 g/mol. The molecule has 16 heavy (non-hydrogen) atoms. The van der Waals surface area contributed by atoms with E-state index in [0.29, 0.717) is 21.9 Å². The van der Waals surface area contributed by atoms with Crippen molar-refractivity contribution in [2.24, 2.45) is 0 Å². The van der Waals surface area contributed by atoms with Gasteiger partial charge in [-0.15, -0.1) is 27.3 Å². The highest BCUT2D eigenvalue weighted by molar-refractivity contribution is 6.67. The molecule has 0 aromatic heterocycles. The summed E-state index contributed by atoms with van der Waals surface area (Å²) in [6.45, 7) is 6.15. The van der Waals surface area contributed by atoms with Crippen LogP contribution in [0.4, 0.5) is 0 Å². The average Bonchev–Trinajstić information content (AvgIpc) is 2.23. The Morgan fingerprint density at radius 3 is 1.38 bits per heavy atom. The maximum atomic E-state index is 5.97. The number of hydrogen-bond donors (Lipinski definition) is 0. The van der Waals surface area contributed by atoms with Gasteiger partial charge in [0.15, 0.2) is 0 Å². The maximum absolute atomic E-state index is 5.97. The predicted molar refractivity (Wildman–Crippen MR) is 76.7 cm³/mol. The molecule has 5 heteroatoms. The van der Waals surface area contributed by atoms with E-state index in [0.717, 1.165) is 12.0 Å². The first-order valence-corrected chi connectivity index (χ1v) is 5.25. The molecule has 0 bridgehead atoms. The third kappa shape index (κ3) is 2.01. The van der Waals surface area contributed by atoms with Gasteiger partial charge in [0.1, 0.15) is 39.2 Å². The van der Waals surface area contributed by atoms with Crippen LogP contribution in [-0.2, 0) is 5.41 Å². The first-order chi connectivity index (χ1) is 7.24. The van der Waals surface area contributed by atoms with E-state index in [1.165, 1.54) is 0 Å². The van der Waals surface area contributed by atoms with Crippen LogP contribution < -0.4 is 27.3 Å². The van der Waals surface area contributed by atoms with Crippen LogP contribution >= 0.6 is 0 Å². The van der Waals surface area contributed by atoms with Gasteiger partial charge in [0.2, 0.25) is 0 Å². The molecule has 0 nitrogen and oxygen atoms in total. The van der Waals surface area contributed by atoms with Crippen LogP contribution in [-0.4, -0.2) is 39.2 Å². The predicted octanol–water partition coefficient (Wildman–Crippen LogP) is -2.66. The third-order valence-electron chi connectivity index (χ3n) is 3.26. The first-order valence-electron chi connectivity index (χ1n) is 5.25. The second kappa shape index (κ2) is 4.43. The van der Waals surface area contributed by atoms with Crippen molar-refractivity contribution in [2.45, 2.75) is 32.6 Å². The first kappa shape index (κ1) is 13.6. The molecule has 0 aliphatic carbocycles. The Bertz CT molecular complexity index is 394. The van der Waals surface area contributed by atoms with Crippen LogP contribution in [0.3, 0.4) is 0 Å². The molecule has 0 N–H and O–H groups in total. The number of rotatable bonds is 2. The summed E-state index contributed by atoms with van der Waals surface area (Å²) in [5, 5.41) is 0. The van der Waals surface area contributed by atoms with Gasteiger partial charge in [-0.25, -0.2) is 0 Å². The third-order valence-corrected chi connectivity index (χ3v) is 3.26. The van der Waals surface area contributed by atoms with Gasteiger partial charge < -0.3 is 0 Å². The molecule has 0 atom stereocenters. The van der Waals surface area contributed by atoms with E-state index in [1.54, 1.807) is 0 Å². The van der Waals surface area contributed by atoms with Gasteiger partial charge >= 0.3 is 0 Å². The topological polar surface area (TPSA) is 0 Å². The lowest BCUT2D eigenvalue weighted by Gasteiger charge is -2.32. The summed E-state index contributed by atoms with van der Waals surface area (Å²) in [5.41, 5.74) is 2.41. The smallest absolute Gasteiger partial charge is 0.112 e. The van der Waals surface area contributed by atoms with Crippen molar-refractivity contribution >= 4 is 66.5 Å². The second-order valence-corrected chi connectivity index (χ2v) is 4.68. The fourth-order valence-electron chi connectivity index (χ4n) is 1.76. The van der Waals surface area contributed by atoms with E-state index in [1.807, 2.05) is 13.8 Å². The molecule has 70 valence electrons. The minimum Gasteiger partial charge on any atom is -0.112 e. The monoisotopic (exact) mass is 198 g/mol. The van der Waals surface area contributed by atoms with Crippen LogP contribution in [0, 0.1) is 0 Å². The molecule has 1 rings (SSSR count). The van der Waals surface area contributed by atoms with Gasteiger partial charge in [-0.2, -0.15) is 0 Å².